The third kappa shape index (κ3) is 4.25. The Labute approximate surface area is 168 Å². The standard InChI is InChI=1S/C22H22N4O3/c27-21(15-18-5-1-2-9-20(18)26(28)29)25-13-11-24(12-14-25)16-19-7-3-6-17-8-4-10-23-22(17)19/h1-10H,11-16H2. The van der Waals surface area contributed by atoms with E-state index in [0.29, 0.717) is 18.7 Å². The molecule has 1 fully saturated rings. The van der Waals surface area contributed by atoms with E-state index in [1.807, 2.05) is 18.3 Å². The minimum Gasteiger partial charge on any atom is -0.340 e. The number of amides is 1. The van der Waals surface area contributed by atoms with Gasteiger partial charge in [-0.3, -0.25) is 24.8 Å². The van der Waals surface area contributed by atoms with Crippen LogP contribution >= 0.6 is 0 Å². The van der Waals surface area contributed by atoms with Crippen LogP contribution in [0.25, 0.3) is 10.9 Å². The van der Waals surface area contributed by atoms with Crippen LogP contribution in [0.4, 0.5) is 5.69 Å². The number of para-hydroxylation sites is 2. The number of carbonyl (C=O) groups excluding carboxylic acids is 1. The summed E-state index contributed by atoms with van der Waals surface area (Å²) >= 11 is 0. The molecule has 0 spiro atoms. The maximum Gasteiger partial charge on any atom is 0.273 e. The molecule has 0 saturated carbocycles. The van der Waals surface area contributed by atoms with Crippen molar-refractivity contribution in [2.24, 2.45) is 0 Å². The van der Waals surface area contributed by atoms with E-state index in [4.69, 9.17) is 0 Å². The largest absolute Gasteiger partial charge is 0.340 e. The quantitative estimate of drug-likeness (QED) is 0.494. The van der Waals surface area contributed by atoms with Crippen molar-refractivity contribution < 1.29 is 9.72 Å². The van der Waals surface area contributed by atoms with Gasteiger partial charge in [-0.25, -0.2) is 0 Å². The zero-order chi connectivity index (χ0) is 20.2. The van der Waals surface area contributed by atoms with E-state index in [0.717, 1.165) is 30.5 Å². The Hall–Kier alpha value is -3.32. The first-order chi connectivity index (χ1) is 14.1. The molecule has 1 amide bonds. The molecule has 0 atom stereocenters. The fourth-order valence-electron chi connectivity index (χ4n) is 3.80. The molecule has 1 aliphatic heterocycles. The molecule has 2 heterocycles. The number of carbonyl (C=O) groups is 1. The molecule has 7 heteroatoms. The molecule has 1 aromatic heterocycles. The Morgan fingerprint density at radius 3 is 2.48 bits per heavy atom. The summed E-state index contributed by atoms with van der Waals surface area (Å²) in [5, 5.41) is 12.3. The summed E-state index contributed by atoms with van der Waals surface area (Å²) < 4.78 is 0. The van der Waals surface area contributed by atoms with Crippen LogP contribution in [0.3, 0.4) is 0 Å². The number of benzene rings is 2. The third-order valence-corrected chi connectivity index (χ3v) is 5.37. The number of aromatic nitrogens is 1. The first kappa shape index (κ1) is 19.0. The topological polar surface area (TPSA) is 79.6 Å². The second kappa shape index (κ2) is 8.36. The summed E-state index contributed by atoms with van der Waals surface area (Å²) in [5.41, 5.74) is 2.67. The van der Waals surface area contributed by atoms with E-state index in [1.165, 1.54) is 11.6 Å². The van der Waals surface area contributed by atoms with Crippen molar-refractivity contribution in [1.29, 1.82) is 0 Å². The SMILES string of the molecule is O=C(Cc1ccccc1[N+](=O)[O-])N1CCN(Cc2cccc3cccnc23)CC1. The monoisotopic (exact) mass is 390 g/mol. The van der Waals surface area contributed by atoms with Crippen LogP contribution in [0.5, 0.6) is 0 Å². The number of piperazine rings is 1. The lowest BCUT2D eigenvalue weighted by molar-refractivity contribution is -0.385. The van der Waals surface area contributed by atoms with Crippen LogP contribution in [0.1, 0.15) is 11.1 Å². The van der Waals surface area contributed by atoms with E-state index >= 15 is 0 Å². The van der Waals surface area contributed by atoms with Crippen molar-refractivity contribution in [3.63, 3.8) is 0 Å². The summed E-state index contributed by atoms with van der Waals surface area (Å²) in [4.78, 5) is 32.0. The number of hydrogen-bond acceptors (Lipinski definition) is 5. The predicted octanol–water partition coefficient (Wildman–Crippen LogP) is 3.03. The average Bonchev–Trinajstić information content (AvgIpc) is 2.75. The van der Waals surface area contributed by atoms with Crippen LogP contribution in [0.2, 0.25) is 0 Å². The summed E-state index contributed by atoms with van der Waals surface area (Å²) in [6.45, 7) is 3.58. The van der Waals surface area contributed by atoms with E-state index < -0.39 is 4.92 Å². The second-order valence-electron chi connectivity index (χ2n) is 7.21. The molecule has 0 unspecified atom stereocenters. The molecule has 0 bridgehead atoms. The highest BCUT2D eigenvalue weighted by Gasteiger charge is 2.24. The maximum absolute atomic E-state index is 12.7. The van der Waals surface area contributed by atoms with Gasteiger partial charge in [-0.1, -0.05) is 42.5 Å². The Morgan fingerprint density at radius 2 is 1.69 bits per heavy atom. The number of nitro benzene ring substituents is 1. The fourth-order valence-corrected chi connectivity index (χ4v) is 3.80. The molecule has 4 rings (SSSR count). The third-order valence-electron chi connectivity index (χ3n) is 5.37. The van der Waals surface area contributed by atoms with Crippen LogP contribution in [-0.4, -0.2) is 51.8 Å². The Balaban J connectivity index is 1.37. The maximum atomic E-state index is 12.7. The molecular weight excluding hydrogens is 368 g/mol. The highest BCUT2D eigenvalue weighted by Crippen LogP contribution is 2.21. The molecule has 7 nitrogen and oxygen atoms in total. The Kier molecular flexibility index (Phi) is 5.48. The second-order valence-corrected chi connectivity index (χ2v) is 7.21. The minimum atomic E-state index is -0.432. The van der Waals surface area contributed by atoms with E-state index in [1.54, 1.807) is 23.1 Å². The highest BCUT2D eigenvalue weighted by atomic mass is 16.6. The van der Waals surface area contributed by atoms with Gasteiger partial charge in [-0.15, -0.1) is 0 Å². The predicted molar refractivity (Wildman–Crippen MR) is 110 cm³/mol. The fraction of sp³-hybridized carbons (Fsp3) is 0.273. The first-order valence-electron chi connectivity index (χ1n) is 9.67. The smallest absolute Gasteiger partial charge is 0.273 e. The average molecular weight is 390 g/mol. The molecule has 148 valence electrons. The van der Waals surface area contributed by atoms with Crippen LogP contribution in [-0.2, 0) is 17.8 Å². The van der Waals surface area contributed by atoms with Crippen molar-refractivity contribution in [3.05, 3.63) is 82.0 Å². The summed E-state index contributed by atoms with van der Waals surface area (Å²) in [6.07, 6.45) is 1.87. The van der Waals surface area contributed by atoms with Gasteiger partial charge in [0.25, 0.3) is 5.69 Å². The Bertz CT molecular complexity index is 1040. The van der Waals surface area contributed by atoms with Gasteiger partial charge < -0.3 is 4.90 Å². The van der Waals surface area contributed by atoms with Crippen molar-refractivity contribution in [3.8, 4) is 0 Å². The van der Waals surface area contributed by atoms with Gasteiger partial charge >= 0.3 is 0 Å². The molecular formula is C22H22N4O3. The van der Waals surface area contributed by atoms with Crippen LogP contribution < -0.4 is 0 Å². The van der Waals surface area contributed by atoms with Gasteiger partial charge in [-0.05, 0) is 11.6 Å². The summed E-state index contributed by atoms with van der Waals surface area (Å²) in [6, 6.07) is 16.6. The number of hydrogen-bond donors (Lipinski definition) is 0. The summed E-state index contributed by atoms with van der Waals surface area (Å²) in [5.74, 6) is -0.0641. The zero-order valence-electron chi connectivity index (χ0n) is 16.0. The minimum absolute atomic E-state index is 0.00272. The highest BCUT2D eigenvalue weighted by molar-refractivity contribution is 5.81. The zero-order valence-corrected chi connectivity index (χ0v) is 16.0. The van der Waals surface area contributed by atoms with Gasteiger partial charge in [0.2, 0.25) is 5.91 Å². The van der Waals surface area contributed by atoms with E-state index in [-0.39, 0.29) is 18.0 Å². The van der Waals surface area contributed by atoms with Gasteiger partial charge in [-0.2, -0.15) is 0 Å². The van der Waals surface area contributed by atoms with Crippen LogP contribution in [0.15, 0.2) is 60.8 Å². The van der Waals surface area contributed by atoms with Gasteiger partial charge in [0, 0.05) is 55.9 Å². The van der Waals surface area contributed by atoms with Gasteiger partial charge in [0.15, 0.2) is 0 Å². The van der Waals surface area contributed by atoms with Crippen molar-refractivity contribution in [2.75, 3.05) is 26.2 Å². The normalized spacial score (nSPS) is 14.8. The summed E-state index contributed by atoms with van der Waals surface area (Å²) in [7, 11) is 0. The molecule has 0 aliphatic carbocycles. The molecule has 3 aromatic rings. The lowest BCUT2D eigenvalue weighted by Gasteiger charge is -2.35. The lowest BCUT2D eigenvalue weighted by Crippen LogP contribution is -2.48. The molecule has 2 aromatic carbocycles. The number of pyridine rings is 1. The van der Waals surface area contributed by atoms with E-state index in [9.17, 15) is 14.9 Å². The lowest BCUT2D eigenvalue weighted by atomic mass is 10.1. The van der Waals surface area contributed by atoms with Gasteiger partial charge in [0.05, 0.1) is 16.9 Å². The number of fused-ring (bicyclic) bond motifs is 1. The van der Waals surface area contributed by atoms with Crippen molar-refractivity contribution >= 4 is 22.5 Å². The van der Waals surface area contributed by atoms with E-state index in [2.05, 4.69) is 28.1 Å². The van der Waals surface area contributed by atoms with Crippen LogP contribution in [0, 0.1) is 10.1 Å². The van der Waals surface area contributed by atoms with Crippen molar-refractivity contribution in [1.82, 2.24) is 14.8 Å². The Morgan fingerprint density at radius 1 is 0.966 bits per heavy atom. The molecule has 29 heavy (non-hydrogen) atoms. The molecule has 1 aliphatic rings. The molecule has 0 N–H and O–H groups in total. The molecule has 0 radical (unpaired) electrons. The van der Waals surface area contributed by atoms with Gasteiger partial charge in [0.1, 0.15) is 0 Å². The number of nitrogens with zero attached hydrogens (tertiary/aromatic N) is 4. The first-order valence-corrected chi connectivity index (χ1v) is 9.67. The number of rotatable bonds is 5. The molecule has 1 saturated heterocycles. The van der Waals surface area contributed by atoms with Crippen molar-refractivity contribution in [2.45, 2.75) is 13.0 Å². The number of nitro groups is 1.